The van der Waals surface area contributed by atoms with Crippen molar-refractivity contribution >= 4 is 11.8 Å². The van der Waals surface area contributed by atoms with Gasteiger partial charge in [-0.05, 0) is 53.2 Å². The number of carbonyl (C=O) groups is 2. The lowest BCUT2D eigenvalue weighted by molar-refractivity contribution is -0.137. The summed E-state index contributed by atoms with van der Waals surface area (Å²) in [6, 6.07) is 0. The van der Waals surface area contributed by atoms with Crippen LogP contribution in [0.2, 0.25) is 0 Å². The molecule has 170 valence electrons. The van der Waals surface area contributed by atoms with Crippen LogP contribution < -0.4 is 5.56 Å². The Kier molecular flexibility index (Phi) is 6.46. The number of rotatable bonds is 6. The minimum atomic E-state index is -0.238. The van der Waals surface area contributed by atoms with Crippen molar-refractivity contribution in [2.24, 2.45) is 5.92 Å². The van der Waals surface area contributed by atoms with Crippen LogP contribution in [0.5, 0.6) is 0 Å². The van der Waals surface area contributed by atoms with Gasteiger partial charge in [0, 0.05) is 62.7 Å². The molecule has 0 unspecified atom stereocenters. The van der Waals surface area contributed by atoms with Crippen molar-refractivity contribution < 1.29 is 9.59 Å². The lowest BCUT2D eigenvalue weighted by atomic mass is 9.91. The van der Waals surface area contributed by atoms with E-state index in [9.17, 15) is 14.4 Å². The van der Waals surface area contributed by atoms with Gasteiger partial charge < -0.3 is 19.3 Å². The summed E-state index contributed by atoms with van der Waals surface area (Å²) in [7, 11) is 4.05. The lowest BCUT2D eigenvalue weighted by Gasteiger charge is -2.35. The van der Waals surface area contributed by atoms with Crippen molar-refractivity contribution in [1.82, 2.24) is 24.3 Å². The van der Waals surface area contributed by atoms with Crippen molar-refractivity contribution in [1.29, 1.82) is 0 Å². The van der Waals surface area contributed by atoms with E-state index in [1.54, 1.807) is 0 Å². The highest BCUT2D eigenvalue weighted by molar-refractivity contribution is 5.89. The third-order valence-electron chi connectivity index (χ3n) is 7.04. The molecule has 3 aliphatic rings. The van der Waals surface area contributed by atoms with Gasteiger partial charge in [-0.3, -0.25) is 14.4 Å². The second kappa shape index (κ2) is 9.10. The number of piperidine rings is 1. The minimum absolute atomic E-state index is 0.0972. The molecule has 1 aromatic rings. The van der Waals surface area contributed by atoms with Gasteiger partial charge in [-0.15, -0.1) is 0 Å². The first-order valence-corrected chi connectivity index (χ1v) is 11.7. The minimum Gasteiger partial charge on any atom is -0.342 e. The number of carbonyl (C=O) groups excluding carboxylic acids is 2. The van der Waals surface area contributed by atoms with Crippen LogP contribution in [-0.4, -0.2) is 82.9 Å². The third-order valence-corrected chi connectivity index (χ3v) is 7.04. The van der Waals surface area contributed by atoms with Crippen molar-refractivity contribution in [3.63, 3.8) is 0 Å². The van der Waals surface area contributed by atoms with Gasteiger partial charge in [0.05, 0.1) is 5.92 Å². The topological polar surface area (TPSA) is 78.8 Å². The Morgan fingerprint density at radius 1 is 1.16 bits per heavy atom. The van der Waals surface area contributed by atoms with Gasteiger partial charge in [-0.25, -0.2) is 0 Å². The van der Waals surface area contributed by atoms with E-state index in [2.05, 4.69) is 14.5 Å². The fraction of sp³-hybridized carbons (Fsp3) is 0.739. The van der Waals surface area contributed by atoms with Crippen LogP contribution in [0.3, 0.4) is 0 Å². The maximum atomic E-state index is 13.3. The zero-order valence-corrected chi connectivity index (χ0v) is 19.1. The molecule has 0 bridgehead atoms. The fourth-order valence-corrected chi connectivity index (χ4v) is 5.46. The SMILES string of the molecule is Cc1c([C@H]2CCCN(C(=O)[C@H]3CC(=O)N(CCCN(C)C)C3)C2)n2c(nc1=O)CCC2. The summed E-state index contributed by atoms with van der Waals surface area (Å²) in [5.41, 5.74) is 1.69. The van der Waals surface area contributed by atoms with Gasteiger partial charge in [-0.1, -0.05) is 0 Å². The molecule has 8 nitrogen and oxygen atoms in total. The van der Waals surface area contributed by atoms with E-state index in [1.165, 1.54) is 0 Å². The third kappa shape index (κ3) is 4.54. The Morgan fingerprint density at radius 2 is 1.97 bits per heavy atom. The zero-order chi connectivity index (χ0) is 22.1. The molecule has 8 heteroatoms. The second-order valence-electron chi connectivity index (χ2n) is 9.62. The Morgan fingerprint density at radius 3 is 2.74 bits per heavy atom. The Bertz CT molecular complexity index is 909. The van der Waals surface area contributed by atoms with Crippen molar-refractivity contribution in [3.05, 3.63) is 27.4 Å². The summed E-state index contributed by atoms with van der Waals surface area (Å²) in [5.74, 6) is 1.02. The van der Waals surface area contributed by atoms with E-state index in [-0.39, 0.29) is 29.2 Å². The number of aryl methyl sites for hydroxylation is 1. The number of likely N-dealkylation sites (tertiary alicyclic amines) is 2. The predicted octanol–water partition coefficient (Wildman–Crippen LogP) is 1.00. The Labute approximate surface area is 184 Å². The zero-order valence-electron chi connectivity index (χ0n) is 19.1. The molecule has 0 saturated carbocycles. The van der Waals surface area contributed by atoms with E-state index in [1.807, 2.05) is 30.8 Å². The van der Waals surface area contributed by atoms with E-state index in [0.717, 1.165) is 68.8 Å². The number of hydrogen-bond donors (Lipinski definition) is 0. The smallest absolute Gasteiger partial charge is 0.276 e. The largest absolute Gasteiger partial charge is 0.342 e. The summed E-state index contributed by atoms with van der Waals surface area (Å²) >= 11 is 0. The molecule has 31 heavy (non-hydrogen) atoms. The molecule has 0 N–H and O–H groups in total. The van der Waals surface area contributed by atoms with E-state index in [4.69, 9.17) is 0 Å². The van der Waals surface area contributed by atoms with Gasteiger partial charge >= 0.3 is 0 Å². The van der Waals surface area contributed by atoms with E-state index < -0.39 is 0 Å². The first kappa shape index (κ1) is 22.0. The molecule has 1 aromatic heterocycles. The van der Waals surface area contributed by atoms with Crippen LogP contribution in [0.4, 0.5) is 0 Å². The molecule has 2 saturated heterocycles. The summed E-state index contributed by atoms with van der Waals surface area (Å²) in [5, 5.41) is 0. The van der Waals surface area contributed by atoms with Gasteiger partial charge in [0.2, 0.25) is 11.8 Å². The molecular weight excluding hydrogens is 394 g/mol. The lowest BCUT2D eigenvalue weighted by Crippen LogP contribution is -2.44. The van der Waals surface area contributed by atoms with Crippen LogP contribution in [-0.2, 0) is 22.6 Å². The van der Waals surface area contributed by atoms with E-state index in [0.29, 0.717) is 26.1 Å². The average Bonchev–Trinajstić information content (AvgIpc) is 3.34. The van der Waals surface area contributed by atoms with Crippen LogP contribution in [0.15, 0.2) is 4.79 Å². The molecule has 2 amide bonds. The molecule has 0 radical (unpaired) electrons. The summed E-state index contributed by atoms with van der Waals surface area (Å²) in [6.07, 6.45) is 5.03. The van der Waals surface area contributed by atoms with Crippen molar-refractivity contribution in [2.75, 3.05) is 46.8 Å². The molecule has 3 aliphatic heterocycles. The molecular formula is C23H35N5O3. The number of hydrogen-bond acceptors (Lipinski definition) is 5. The van der Waals surface area contributed by atoms with Crippen LogP contribution in [0, 0.1) is 12.8 Å². The summed E-state index contributed by atoms with van der Waals surface area (Å²) in [6.45, 7) is 6.34. The summed E-state index contributed by atoms with van der Waals surface area (Å²) in [4.78, 5) is 48.3. The molecule has 4 rings (SSSR count). The summed E-state index contributed by atoms with van der Waals surface area (Å²) < 4.78 is 2.22. The van der Waals surface area contributed by atoms with Gasteiger partial charge in [0.25, 0.3) is 5.56 Å². The molecule has 2 atom stereocenters. The number of amides is 2. The quantitative estimate of drug-likeness (QED) is 0.674. The molecule has 0 aliphatic carbocycles. The highest BCUT2D eigenvalue weighted by Crippen LogP contribution is 2.32. The highest BCUT2D eigenvalue weighted by Gasteiger charge is 2.38. The number of aromatic nitrogens is 2. The second-order valence-corrected chi connectivity index (χ2v) is 9.62. The van der Waals surface area contributed by atoms with E-state index >= 15 is 0 Å². The molecule has 2 fully saturated rings. The fourth-order valence-electron chi connectivity index (χ4n) is 5.46. The van der Waals surface area contributed by atoms with Crippen molar-refractivity contribution in [3.8, 4) is 0 Å². The van der Waals surface area contributed by atoms with Crippen LogP contribution in [0.25, 0.3) is 0 Å². The number of nitrogens with zero attached hydrogens (tertiary/aromatic N) is 5. The molecule has 4 heterocycles. The predicted molar refractivity (Wildman–Crippen MR) is 118 cm³/mol. The number of fused-ring (bicyclic) bond motifs is 1. The van der Waals surface area contributed by atoms with Gasteiger partial charge in [0.1, 0.15) is 5.82 Å². The van der Waals surface area contributed by atoms with Crippen molar-refractivity contribution in [2.45, 2.75) is 57.9 Å². The standard InChI is InChI=1S/C23H35N5O3/c1-16-21(28-12-5-8-19(28)24-22(16)30)17-7-4-10-27(14-17)23(31)18-13-20(29)26(15-18)11-6-9-25(2)3/h17-18H,4-15H2,1-3H3/t17-,18-/m0/s1. The first-order valence-electron chi connectivity index (χ1n) is 11.7. The molecule has 0 aromatic carbocycles. The first-order chi connectivity index (χ1) is 14.8. The monoisotopic (exact) mass is 429 g/mol. The Hall–Kier alpha value is -2.22. The van der Waals surface area contributed by atoms with Gasteiger partial charge in [-0.2, -0.15) is 4.98 Å². The molecule has 0 spiro atoms. The van der Waals surface area contributed by atoms with Gasteiger partial charge in [0.15, 0.2) is 0 Å². The highest BCUT2D eigenvalue weighted by atomic mass is 16.2. The van der Waals surface area contributed by atoms with Crippen LogP contribution in [0.1, 0.15) is 55.1 Å². The van der Waals surface area contributed by atoms with Crippen LogP contribution >= 0.6 is 0 Å². The average molecular weight is 430 g/mol. The Balaban J connectivity index is 1.43. The maximum absolute atomic E-state index is 13.3. The maximum Gasteiger partial charge on any atom is 0.276 e. The normalized spacial score (nSPS) is 23.7.